The van der Waals surface area contributed by atoms with Crippen LogP contribution in [-0.4, -0.2) is 22.3 Å². The molecule has 1 aromatic heterocycles. The van der Waals surface area contributed by atoms with Crippen LogP contribution in [0.5, 0.6) is 5.75 Å². The number of halogens is 5. The van der Waals surface area contributed by atoms with E-state index >= 15 is 0 Å². The lowest BCUT2D eigenvalue weighted by molar-refractivity contribution is -0.153. The Morgan fingerprint density at radius 3 is 2.26 bits per heavy atom. The normalized spacial score (nSPS) is 11.8. The molecule has 9 heteroatoms. The van der Waals surface area contributed by atoms with Gasteiger partial charge in [-0.25, -0.2) is 4.98 Å². The van der Waals surface area contributed by atoms with Gasteiger partial charge in [0.25, 0.3) is 0 Å². The molecule has 4 aromatic rings. The Morgan fingerprint density at radius 2 is 1.58 bits per heavy atom. The first-order chi connectivity index (χ1) is 14.8. The van der Waals surface area contributed by atoms with Crippen molar-refractivity contribution in [2.75, 3.05) is 6.61 Å². The van der Waals surface area contributed by atoms with Gasteiger partial charge in [-0.3, -0.25) is 4.57 Å². The monoisotopic (exact) mass is 482 g/mol. The molecule has 0 aliphatic rings. The number of aromatic nitrogens is 2. The summed E-state index contributed by atoms with van der Waals surface area (Å²) < 4.78 is 43.9. The maximum Gasteiger partial charge on any atom is 0.422 e. The lowest BCUT2D eigenvalue weighted by atomic mass is 10.2. The van der Waals surface area contributed by atoms with Crippen molar-refractivity contribution >= 4 is 46.0 Å². The molecule has 0 bridgehead atoms. The quantitative estimate of drug-likeness (QED) is 0.265. The van der Waals surface area contributed by atoms with E-state index in [2.05, 4.69) is 0 Å². The van der Waals surface area contributed by atoms with Gasteiger partial charge in [0.05, 0.1) is 11.0 Å². The third kappa shape index (κ3) is 5.47. The summed E-state index contributed by atoms with van der Waals surface area (Å²) in [5, 5.41) is 1.97. The van der Waals surface area contributed by atoms with Gasteiger partial charge in [0.15, 0.2) is 11.8 Å². The van der Waals surface area contributed by atoms with Gasteiger partial charge in [-0.05, 0) is 60.2 Å². The van der Waals surface area contributed by atoms with Gasteiger partial charge in [0.1, 0.15) is 5.75 Å². The number of alkyl halides is 3. The molecule has 0 aliphatic heterocycles. The van der Waals surface area contributed by atoms with Crippen LogP contribution in [0.25, 0.3) is 16.7 Å². The lowest BCUT2D eigenvalue weighted by Crippen LogP contribution is -2.19. The largest absolute Gasteiger partial charge is 0.484 e. The molecule has 0 unspecified atom stereocenters. The highest BCUT2D eigenvalue weighted by Crippen LogP contribution is 2.32. The predicted molar refractivity (Wildman–Crippen MR) is 119 cm³/mol. The molecule has 3 nitrogen and oxygen atoms in total. The molecule has 0 spiro atoms. The molecule has 1 heterocycles. The number of fused-ring (bicyclic) bond motifs is 1. The number of benzene rings is 3. The molecule has 31 heavy (non-hydrogen) atoms. The number of imidazole rings is 1. The van der Waals surface area contributed by atoms with Gasteiger partial charge in [0, 0.05) is 21.5 Å². The minimum atomic E-state index is -4.39. The van der Waals surface area contributed by atoms with Crippen LogP contribution in [0.2, 0.25) is 10.0 Å². The Labute approximate surface area is 190 Å². The number of thioether (sulfide) groups is 1. The smallest absolute Gasteiger partial charge is 0.422 e. The Bertz CT molecular complexity index is 1190. The molecule has 4 rings (SSSR count). The van der Waals surface area contributed by atoms with Crippen molar-refractivity contribution in [3.8, 4) is 11.4 Å². The Hall–Kier alpha value is -2.35. The summed E-state index contributed by atoms with van der Waals surface area (Å²) in [5.74, 6) is 0.806. The average molecular weight is 483 g/mol. The highest BCUT2D eigenvalue weighted by Gasteiger charge is 2.28. The van der Waals surface area contributed by atoms with Crippen LogP contribution in [0.15, 0.2) is 71.9 Å². The third-order valence-corrected chi connectivity index (χ3v) is 5.86. The lowest BCUT2D eigenvalue weighted by Gasteiger charge is -2.12. The van der Waals surface area contributed by atoms with Crippen molar-refractivity contribution < 1.29 is 17.9 Å². The van der Waals surface area contributed by atoms with E-state index in [4.69, 9.17) is 32.9 Å². The van der Waals surface area contributed by atoms with Crippen LogP contribution in [0, 0.1) is 0 Å². The maximum atomic E-state index is 12.4. The number of rotatable bonds is 6. The van der Waals surface area contributed by atoms with Crippen molar-refractivity contribution in [3.63, 3.8) is 0 Å². The summed E-state index contributed by atoms with van der Waals surface area (Å²) in [7, 11) is 0. The van der Waals surface area contributed by atoms with Crippen LogP contribution < -0.4 is 4.74 Å². The molecule has 160 valence electrons. The third-order valence-electron chi connectivity index (χ3n) is 4.36. The second-order valence-corrected chi connectivity index (χ2v) is 8.49. The number of ether oxygens (including phenoxy) is 1. The second-order valence-electron chi connectivity index (χ2n) is 6.68. The van der Waals surface area contributed by atoms with Gasteiger partial charge < -0.3 is 4.74 Å². The van der Waals surface area contributed by atoms with E-state index in [-0.39, 0.29) is 5.75 Å². The molecule has 3 aromatic carbocycles. The van der Waals surface area contributed by atoms with Crippen molar-refractivity contribution in [2.24, 2.45) is 0 Å². The molecule has 0 amide bonds. The van der Waals surface area contributed by atoms with E-state index in [0.717, 1.165) is 27.4 Å². The van der Waals surface area contributed by atoms with Crippen LogP contribution in [-0.2, 0) is 5.75 Å². The average Bonchev–Trinajstić information content (AvgIpc) is 3.09. The van der Waals surface area contributed by atoms with E-state index in [1.54, 1.807) is 18.2 Å². The summed E-state index contributed by atoms with van der Waals surface area (Å²) in [4.78, 5) is 4.72. The zero-order valence-electron chi connectivity index (χ0n) is 15.9. The van der Waals surface area contributed by atoms with Crippen molar-refractivity contribution in [2.45, 2.75) is 17.1 Å². The first kappa shape index (κ1) is 21.9. The first-order valence-electron chi connectivity index (χ1n) is 9.14. The van der Waals surface area contributed by atoms with Crippen LogP contribution in [0.1, 0.15) is 5.56 Å². The molecule has 0 atom stereocenters. The summed E-state index contributed by atoms with van der Waals surface area (Å²) in [5.41, 5.74) is 3.39. The van der Waals surface area contributed by atoms with Crippen molar-refractivity contribution in [1.29, 1.82) is 0 Å². The fraction of sp³-hybridized carbons (Fsp3) is 0.136. The topological polar surface area (TPSA) is 27.1 Å². The Morgan fingerprint density at radius 1 is 0.903 bits per heavy atom. The van der Waals surface area contributed by atoms with E-state index in [1.807, 2.05) is 41.0 Å². The van der Waals surface area contributed by atoms with E-state index < -0.39 is 12.8 Å². The Balaban J connectivity index is 1.65. The molecule has 0 radical (unpaired) electrons. The van der Waals surface area contributed by atoms with E-state index in [0.29, 0.717) is 15.8 Å². The molecular weight excluding hydrogens is 468 g/mol. The molecular formula is C22H15Cl2F3N2OS. The fourth-order valence-electron chi connectivity index (χ4n) is 2.96. The summed E-state index contributed by atoms with van der Waals surface area (Å²) in [6, 6.07) is 19.4. The van der Waals surface area contributed by atoms with Crippen molar-refractivity contribution in [1.82, 2.24) is 9.55 Å². The molecule has 0 saturated carbocycles. The molecule has 0 aliphatic carbocycles. The van der Waals surface area contributed by atoms with Crippen LogP contribution in [0.4, 0.5) is 13.2 Å². The molecule has 0 saturated heterocycles. The zero-order valence-corrected chi connectivity index (χ0v) is 18.2. The van der Waals surface area contributed by atoms with E-state index in [1.165, 1.54) is 23.9 Å². The number of nitrogens with zero attached hydrogens (tertiary/aromatic N) is 2. The summed E-state index contributed by atoms with van der Waals surface area (Å²) >= 11 is 13.7. The highest BCUT2D eigenvalue weighted by molar-refractivity contribution is 7.98. The van der Waals surface area contributed by atoms with Gasteiger partial charge in [-0.1, -0.05) is 47.1 Å². The van der Waals surface area contributed by atoms with Gasteiger partial charge in [-0.15, -0.1) is 0 Å². The summed E-state index contributed by atoms with van der Waals surface area (Å²) in [6.07, 6.45) is -4.39. The fourth-order valence-corrected chi connectivity index (χ4v) is 4.23. The summed E-state index contributed by atoms with van der Waals surface area (Å²) in [6.45, 7) is -1.34. The maximum absolute atomic E-state index is 12.4. The molecule has 0 N–H and O–H groups in total. The Kier molecular flexibility index (Phi) is 6.36. The molecule has 0 fully saturated rings. The number of hydrogen-bond acceptors (Lipinski definition) is 3. The zero-order chi connectivity index (χ0) is 22.0. The minimum absolute atomic E-state index is 0.138. The highest BCUT2D eigenvalue weighted by atomic mass is 35.5. The van der Waals surface area contributed by atoms with Gasteiger partial charge in [-0.2, -0.15) is 13.2 Å². The SMILES string of the molecule is FC(F)(F)COc1ccc(-n2c(SCc3ccc(Cl)cc3)nc3ccc(Cl)cc32)cc1. The minimum Gasteiger partial charge on any atom is -0.484 e. The predicted octanol–water partition coefficient (Wildman–Crippen LogP) is 7.57. The van der Waals surface area contributed by atoms with Gasteiger partial charge >= 0.3 is 6.18 Å². The van der Waals surface area contributed by atoms with E-state index in [9.17, 15) is 13.2 Å². The standard InChI is InChI=1S/C22H15Cl2F3N2OS/c23-15-3-1-14(2-4-15)12-31-21-28-19-10-5-16(24)11-20(19)29(21)17-6-8-18(9-7-17)30-13-22(25,26)27/h1-11H,12-13H2. The first-order valence-corrected chi connectivity index (χ1v) is 10.9. The van der Waals surface area contributed by atoms with Crippen LogP contribution >= 0.6 is 35.0 Å². The van der Waals surface area contributed by atoms with Crippen molar-refractivity contribution in [3.05, 3.63) is 82.3 Å². The second kappa shape index (κ2) is 9.02. The number of hydrogen-bond donors (Lipinski definition) is 0. The van der Waals surface area contributed by atoms with Gasteiger partial charge in [0.2, 0.25) is 0 Å². The van der Waals surface area contributed by atoms with Crippen LogP contribution in [0.3, 0.4) is 0 Å².